The minimum atomic E-state index is -0.148. The van der Waals surface area contributed by atoms with Gasteiger partial charge in [0.15, 0.2) is 5.13 Å². The summed E-state index contributed by atoms with van der Waals surface area (Å²) in [5.74, 6) is 0.109. The van der Waals surface area contributed by atoms with Gasteiger partial charge in [0.05, 0.1) is 12.2 Å². The summed E-state index contributed by atoms with van der Waals surface area (Å²) in [6.45, 7) is 2.36. The van der Waals surface area contributed by atoms with Gasteiger partial charge in [-0.2, -0.15) is 0 Å². The molecule has 0 bridgehead atoms. The number of hydrogen-bond donors (Lipinski definition) is 2. The zero-order chi connectivity index (χ0) is 14.7. The fourth-order valence-corrected chi connectivity index (χ4v) is 2.60. The first-order valence-corrected chi connectivity index (χ1v) is 6.95. The van der Waals surface area contributed by atoms with Gasteiger partial charge < -0.3 is 16.0 Å². The van der Waals surface area contributed by atoms with Gasteiger partial charge in [0.1, 0.15) is 10.7 Å². The highest BCUT2D eigenvalue weighted by Crippen LogP contribution is 2.25. The Morgan fingerprint density at radius 2 is 2.20 bits per heavy atom. The average Bonchev–Trinajstić information content (AvgIpc) is 2.79. The topological polar surface area (TPSA) is 84.1 Å². The molecular formula is C13H17N5OS. The summed E-state index contributed by atoms with van der Waals surface area (Å²) in [5, 5.41) is 3.52. The van der Waals surface area contributed by atoms with Crippen LogP contribution in [0.2, 0.25) is 0 Å². The minimum Gasteiger partial charge on any atom is -0.382 e. The van der Waals surface area contributed by atoms with Crippen LogP contribution in [0.4, 0.5) is 10.9 Å². The maximum absolute atomic E-state index is 12.3. The van der Waals surface area contributed by atoms with Crippen molar-refractivity contribution < 1.29 is 4.79 Å². The van der Waals surface area contributed by atoms with Gasteiger partial charge in [-0.25, -0.2) is 4.98 Å². The van der Waals surface area contributed by atoms with Crippen LogP contribution in [0.1, 0.15) is 21.1 Å². The van der Waals surface area contributed by atoms with Crippen LogP contribution >= 0.6 is 11.3 Å². The highest BCUT2D eigenvalue weighted by atomic mass is 32.1. The standard InChI is InChI=1S/C13H17N5OS/c1-8-5-4-6-9(16-8)7-18(3)12(19)10-11(14)17-13(15-2)20-10/h4-6H,7,14H2,1-3H3,(H,15,17). The number of nitrogens with one attached hydrogen (secondary N) is 1. The van der Waals surface area contributed by atoms with Gasteiger partial charge in [-0.1, -0.05) is 17.4 Å². The van der Waals surface area contributed by atoms with Crippen LogP contribution in [0.3, 0.4) is 0 Å². The van der Waals surface area contributed by atoms with Gasteiger partial charge in [-0.3, -0.25) is 9.78 Å². The van der Waals surface area contributed by atoms with E-state index in [0.717, 1.165) is 11.4 Å². The van der Waals surface area contributed by atoms with Gasteiger partial charge >= 0.3 is 0 Å². The molecule has 2 rings (SSSR count). The summed E-state index contributed by atoms with van der Waals surface area (Å²) in [7, 11) is 3.47. The van der Waals surface area contributed by atoms with Crippen LogP contribution in [0, 0.1) is 6.92 Å². The van der Waals surface area contributed by atoms with Crippen molar-refractivity contribution in [1.82, 2.24) is 14.9 Å². The van der Waals surface area contributed by atoms with Crippen molar-refractivity contribution in [3.63, 3.8) is 0 Å². The van der Waals surface area contributed by atoms with Gasteiger partial charge in [-0.15, -0.1) is 0 Å². The number of aryl methyl sites for hydroxylation is 1. The molecule has 0 radical (unpaired) electrons. The lowest BCUT2D eigenvalue weighted by molar-refractivity contribution is 0.0789. The number of rotatable bonds is 4. The summed E-state index contributed by atoms with van der Waals surface area (Å²) in [6.07, 6.45) is 0. The number of carbonyl (C=O) groups excluding carboxylic acids is 1. The fourth-order valence-electron chi connectivity index (χ4n) is 1.77. The lowest BCUT2D eigenvalue weighted by atomic mass is 10.3. The Morgan fingerprint density at radius 3 is 2.80 bits per heavy atom. The monoisotopic (exact) mass is 291 g/mol. The molecule has 0 spiro atoms. The lowest BCUT2D eigenvalue weighted by Gasteiger charge is -2.16. The number of pyridine rings is 1. The highest BCUT2D eigenvalue weighted by Gasteiger charge is 2.19. The number of amides is 1. The quantitative estimate of drug-likeness (QED) is 0.896. The van der Waals surface area contributed by atoms with Crippen molar-refractivity contribution in [2.45, 2.75) is 13.5 Å². The van der Waals surface area contributed by atoms with Crippen molar-refractivity contribution >= 4 is 28.2 Å². The number of thiazole rings is 1. The second-order valence-electron chi connectivity index (χ2n) is 4.41. The average molecular weight is 291 g/mol. The van der Waals surface area contributed by atoms with E-state index in [2.05, 4.69) is 15.3 Å². The van der Waals surface area contributed by atoms with Crippen LogP contribution < -0.4 is 11.1 Å². The molecule has 2 heterocycles. The first-order chi connectivity index (χ1) is 9.51. The van der Waals surface area contributed by atoms with E-state index < -0.39 is 0 Å². The number of carbonyl (C=O) groups is 1. The maximum atomic E-state index is 12.3. The molecule has 6 nitrogen and oxygen atoms in total. The van der Waals surface area contributed by atoms with Crippen molar-refractivity contribution in [3.8, 4) is 0 Å². The third kappa shape index (κ3) is 3.05. The second-order valence-corrected chi connectivity index (χ2v) is 5.41. The summed E-state index contributed by atoms with van der Waals surface area (Å²) in [6, 6.07) is 5.74. The summed E-state index contributed by atoms with van der Waals surface area (Å²) >= 11 is 1.25. The number of nitrogen functional groups attached to an aromatic ring is 1. The highest BCUT2D eigenvalue weighted by molar-refractivity contribution is 7.18. The number of anilines is 2. The fraction of sp³-hybridized carbons (Fsp3) is 0.308. The molecule has 0 aliphatic heterocycles. The maximum Gasteiger partial charge on any atom is 0.267 e. The van der Waals surface area contributed by atoms with E-state index in [9.17, 15) is 4.79 Å². The minimum absolute atomic E-state index is 0.148. The largest absolute Gasteiger partial charge is 0.382 e. The van der Waals surface area contributed by atoms with Crippen molar-refractivity contribution in [3.05, 3.63) is 34.5 Å². The van der Waals surface area contributed by atoms with Gasteiger partial charge in [0.2, 0.25) is 0 Å². The van der Waals surface area contributed by atoms with E-state index in [1.54, 1.807) is 19.0 Å². The Balaban J connectivity index is 2.14. The van der Waals surface area contributed by atoms with Crippen LogP contribution in [0.25, 0.3) is 0 Å². The molecule has 20 heavy (non-hydrogen) atoms. The molecule has 0 fully saturated rings. The first-order valence-electron chi connectivity index (χ1n) is 6.13. The molecule has 2 aromatic heterocycles. The van der Waals surface area contributed by atoms with Crippen molar-refractivity contribution in [1.29, 1.82) is 0 Å². The summed E-state index contributed by atoms with van der Waals surface area (Å²) in [5.41, 5.74) is 7.54. The molecule has 2 aromatic rings. The third-order valence-electron chi connectivity index (χ3n) is 2.75. The molecule has 0 aliphatic rings. The van der Waals surface area contributed by atoms with E-state index in [1.165, 1.54) is 11.3 Å². The second kappa shape index (κ2) is 5.87. The summed E-state index contributed by atoms with van der Waals surface area (Å²) in [4.78, 5) is 22.8. The number of hydrogen-bond acceptors (Lipinski definition) is 6. The van der Waals surface area contributed by atoms with Crippen molar-refractivity contribution in [2.75, 3.05) is 25.1 Å². The Labute approximate surface area is 121 Å². The number of nitrogens with zero attached hydrogens (tertiary/aromatic N) is 3. The molecular weight excluding hydrogens is 274 g/mol. The zero-order valence-electron chi connectivity index (χ0n) is 11.7. The molecule has 7 heteroatoms. The van der Waals surface area contributed by atoms with Crippen LogP contribution in [0.15, 0.2) is 18.2 Å². The molecule has 0 atom stereocenters. The van der Waals surface area contributed by atoms with Crippen molar-refractivity contribution in [2.24, 2.45) is 0 Å². The molecule has 0 saturated heterocycles. The molecule has 1 amide bonds. The van der Waals surface area contributed by atoms with Crippen LogP contribution in [0.5, 0.6) is 0 Å². The Morgan fingerprint density at radius 1 is 1.45 bits per heavy atom. The Kier molecular flexibility index (Phi) is 4.19. The lowest BCUT2D eigenvalue weighted by Crippen LogP contribution is -2.26. The number of aromatic nitrogens is 2. The Hall–Kier alpha value is -2.15. The molecule has 0 aliphatic carbocycles. The number of nitrogens with two attached hydrogens (primary N) is 1. The molecule has 106 valence electrons. The van der Waals surface area contributed by atoms with E-state index in [1.807, 2.05) is 25.1 Å². The zero-order valence-corrected chi connectivity index (χ0v) is 12.5. The predicted octanol–water partition coefficient (Wildman–Crippen LogP) is 1.74. The molecule has 0 aromatic carbocycles. The normalized spacial score (nSPS) is 10.3. The van der Waals surface area contributed by atoms with E-state index in [0.29, 0.717) is 16.6 Å². The molecule has 0 saturated carbocycles. The molecule has 0 unspecified atom stereocenters. The third-order valence-corrected chi connectivity index (χ3v) is 3.83. The smallest absolute Gasteiger partial charge is 0.267 e. The van der Waals surface area contributed by atoms with E-state index in [-0.39, 0.29) is 11.7 Å². The van der Waals surface area contributed by atoms with Gasteiger partial charge in [0.25, 0.3) is 5.91 Å². The van der Waals surface area contributed by atoms with Gasteiger partial charge in [0, 0.05) is 19.8 Å². The summed E-state index contributed by atoms with van der Waals surface area (Å²) < 4.78 is 0. The predicted molar refractivity (Wildman–Crippen MR) is 80.8 cm³/mol. The van der Waals surface area contributed by atoms with Gasteiger partial charge in [-0.05, 0) is 19.1 Å². The van der Waals surface area contributed by atoms with Crippen LogP contribution in [-0.4, -0.2) is 34.9 Å². The molecule has 3 N–H and O–H groups in total. The van der Waals surface area contributed by atoms with Crippen LogP contribution in [-0.2, 0) is 6.54 Å². The Bertz CT molecular complexity index is 625. The van der Waals surface area contributed by atoms with E-state index in [4.69, 9.17) is 5.73 Å². The SMILES string of the molecule is CNc1nc(N)c(C(=O)N(C)Cc2cccc(C)n2)s1. The first kappa shape index (κ1) is 14.3. The van der Waals surface area contributed by atoms with E-state index >= 15 is 0 Å².